The van der Waals surface area contributed by atoms with E-state index in [1.165, 1.54) is 6.42 Å². The molecule has 21 heavy (non-hydrogen) atoms. The summed E-state index contributed by atoms with van der Waals surface area (Å²) in [6.07, 6.45) is 10.3. The van der Waals surface area contributed by atoms with Crippen LogP contribution in [0.5, 0.6) is 11.5 Å². The maximum Gasteiger partial charge on any atom is 0.154 e. The van der Waals surface area contributed by atoms with E-state index in [0.29, 0.717) is 11.8 Å². The number of unbranched alkanes of at least 4 members (excludes halogenated alkanes) is 5. The number of benzene rings is 1. The number of phenolic OH excluding ortho intramolecular Hbond substituents is 2. The molecule has 1 aromatic rings. The van der Waals surface area contributed by atoms with Crippen molar-refractivity contribution in [1.29, 1.82) is 0 Å². The van der Waals surface area contributed by atoms with Crippen LogP contribution in [0.15, 0.2) is 6.08 Å². The number of carbonyl (C=O) groups is 1. The van der Waals surface area contributed by atoms with Gasteiger partial charge in [-0.3, -0.25) is 4.79 Å². The second-order valence-corrected chi connectivity index (χ2v) is 5.42. The van der Waals surface area contributed by atoms with Crippen LogP contribution in [0.25, 0.3) is 6.08 Å². The molecule has 0 unspecified atom stereocenters. The summed E-state index contributed by atoms with van der Waals surface area (Å²) < 4.78 is 0. The molecule has 1 radical (unpaired) electrons. The molecule has 3 nitrogen and oxygen atoms in total. The predicted octanol–water partition coefficient (Wildman–Crippen LogP) is 5.06. The minimum absolute atomic E-state index is 0.102. The van der Waals surface area contributed by atoms with Crippen molar-refractivity contribution in [3.63, 3.8) is 0 Å². The highest BCUT2D eigenvalue weighted by Gasteiger charge is 2.18. The van der Waals surface area contributed by atoms with Crippen molar-refractivity contribution < 1.29 is 15.0 Å². The van der Waals surface area contributed by atoms with E-state index < -0.39 is 0 Å². The van der Waals surface area contributed by atoms with Crippen LogP contribution in [0, 0.1) is 13.8 Å². The van der Waals surface area contributed by atoms with Gasteiger partial charge in [0.15, 0.2) is 6.29 Å². The third-order valence-corrected chi connectivity index (χ3v) is 3.94. The zero-order valence-electron chi connectivity index (χ0n) is 12.4. The van der Waals surface area contributed by atoms with Crippen LogP contribution in [-0.4, -0.2) is 16.5 Å². The van der Waals surface area contributed by atoms with E-state index in [1.807, 2.05) is 6.08 Å². The van der Waals surface area contributed by atoms with E-state index in [0.717, 1.165) is 32.1 Å². The van der Waals surface area contributed by atoms with E-state index in [1.54, 1.807) is 13.0 Å². The summed E-state index contributed by atoms with van der Waals surface area (Å²) in [5.74, 6) is -0.414. The lowest BCUT2D eigenvalue weighted by Gasteiger charge is -2.11. The molecule has 4 heteroatoms. The molecule has 0 amide bonds. The van der Waals surface area contributed by atoms with Crippen molar-refractivity contribution >= 4 is 24.0 Å². The van der Waals surface area contributed by atoms with Crippen LogP contribution in [0.3, 0.4) is 0 Å². The predicted molar refractivity (Wildman–Crippen MR) is 87.0 cm³/mol. The standard InChI is InChI=1S/C17H22ClO3/c1-3-4-5-6-7-8-9-10-13-16(20)14(11-19)12(2)15(18)17(13)21/h9-11,20-21H,1,3-8H2,2H3/b10-9+. The normalized spacial score (nSPS) is 11.2. The lowest BCUT2D eigenvalue weighted by atomic mass is 10.0. The summed E-state index contributed by atoms with van der Waals surface area (Å²) in [5.41, 5.74) is 0.699. The molecule has 0 heterocycles. The zero-order valence-corrected chi connectivity index (χ0v) is 13.1. The Labute approximate surface area is 131 Å². The number of carbonyl (C=O) groups excluding carboxylic acids is 1. The van der Waals surface area contributed by atoms with Crippen LogP contribution in [0.1, 0.15) is 60.0 Å². The van der Waals surface area contributed by atoms with Gasteiger partial charge in [-0.2, -0.15) is 0 Å². The van der Waals surface area contributed by atoms with Gasteiger partial charge in [0.05, 0.1) is 16.1 Å². The highest BCUT2D eigenvalue weighted by Crippen LogP contribution is 2.40. The Morgan fingerprint density at radius 2 is 1.76 bits per heavy atom. The molecule has 0 aliphatic rings. The Morgan fingerprint density at radius 1 is 1.10 bits per heavy atom. The summed E-state index contributed by atoms with van der Waals surface area (Å²) >= 11 is 5.98. The van der Waals surface area contributed by atoms with Crippen LogP contribution in [-0.2, 0) is 0 Å². The second-order valence-electron chi connectivity index (χ2n) is 5.04. The largest absolute Gasteiger partial charge is 0.506 e. The van der Waals surface area contributed by atoms with E-state index >= 15 is 0 Å². The van der Waals surface area contributed by atoms with Gasteiger partial charge in [0, 0.05) is 0 Å². The van der Waals surface area contributed by atoms with Gasteiger partial charge in [-0.05, 0) is 25.3 Å². The SMILES string of the molecule is [CH2]CCCCCC/C=C/c1c(O)c(Cl)c(C)c(C=O)c1O. The van der Waals surface area contributed by atoms with Gasteiger partial charge in [-0.25, -0.2) is 0 Å². The van der Waals surface area contributed by atoms with Gasteiger partial charge in [0.2, 0.25) is 0 Å². The summed E-state index contributed by atoms with van der Waals surface area (Å²) in [6, 6.07) is 0. The molecular formula is C17H22ClO3. The lowest BCUT2D eigenvalue weighted by Crippen LogP contribution is -1.93. The summed E-state index contributed by atoms with van der Waals surface area (Å²) in [5, 5.41) is 20.1. The van der Waals surface area contributed by atoms with Crippen molar-refractivity contribution in [1.82, 2.24) is 0 Å². The first-order valence-corrected chi connectivity index (χ1v) is 7.57. The second kappa shape index (κ2) is 8.73. The molecule has 0 saturated heterocycles. The molecule has 115 valence electrons. The lowest BCUT2D eigenvalue weighted by molar-refractivity contribution is 0.112. The fourth-order valence-corrected chi connectivity index (χ4v) is 2.35. The van der Waals surface area contributed by atoms with Gasteiger partial charge in [-0.15, -0.1) is 0 Å². The third-order valence-electron chi connectivity index (χ3n) is 3.48. The maximum absolute atomic E-state index is 11.0. The number of phenols is 2. The van der Waals surface area contributed by atoms with Crippen molar-refractivity contribution in [3.05, 3.63) is 34.7 Å². The topological polar surface area (TPSA) is 57.5 Å². The molecule has 0 atom stereocenters. The average molecular weight is 310 g/mol. The van der Waals surface area contributed by atoms with Gasteiger partial charge in [0.25, 0.3) is 0 Å². The Kier molecular flexibility index (Phi) is 7.30. The molecule has 0 saturated carbocycles. The van der Waals surface area contributed by atoms with Crippen molar-refractivity contribution in [2.45, 2.75) is 45.4 Å². The Bertz CT molecular complexity index is 522. The number of hydrogen-bond donors (Lipinski definition) is 2. The molecule has 2 N–H and O–H groups in total. The molecule has 0 fully saturated rings. The third kappa shape index (κ3) is 4.50. The smallest absolute Gasteiger partial charge is 0.154 e. The van der Waals surface area contributed by atoms with Crippen molar-refractivity contribution in [3.8, 4) is 11.5 Å². The van der Waals surface area contributed by atoms with Gasteiger partial charge >= 0.3 is 0 Å². The first kappa shape index (κ1) is 17.6. The summed E-state index contributed by atoms with van der Waals surface area (Å²) in [7, 11) is 0. The van der Waals surface area contributed by atoms with Gasteiger partial charge in [0.1, 0.15) is 11.5 Å². The van der Waals surface area contributed by atoms with Crippen molar-refractivity contribution in [2.24, 2.45) is 0 Å². The molecule has 0 aromatic heterocycles. The van der Waals surface area contributed by atoms with E-state index in [4.69, 9.17) is 11.6 Å². The summed E-state index contributed by atoms with van der Waals surface area (Å²) in [6.45, 7) is 5.38. The number of aldehydes is 1. The van der Waals surface area contributed by atoms with Crippen LogP contribution >= 0.6 is 11.6 Å². The summed E-state index contributed by atoms with van der Waals surface area (Å²) in [4.78, 5) is 11.0. The molecule has 0 aliphatic heterocycles. The maximum atomic E-state index is 11.0. The monoisotopic (exact) mass is 309 g/mol. The highest BCUT2D eigenvalue weighted by molar-refractivity contribution is 6.33. The zero-order chi connectivity index (χ0) is 15.8. The molecule has 0 spiro atoms. The number of aromatic hydroxyl groups is 2. The van der Waals surface area contributed by atoms with Crippen LogP contribution in [0.4, 0.5) is 0 Å². The molecular weight excluding hydrogens is 288 g/mol. The highest BCUT2D eigenvalue weighted by atomic mass is 35.5. The number of allylic oxidation sites excluding steroid dienone is 1. The number of rotatable bonds is 8. The number of hydrogen-bond acceptors (Lipinski definition) is 3. The molecule has 0 aliphatic carbocycles. The fraction of sp³-hybridized carbons (Fsp3) is 0.412. The molecule has 1 aromatic carbocycles. The van der Waals surface area contributed by atoms with Crippen LogP contribution in [0.2, 0.25) is 5.02 Å². The number of halogens is 1. The average Bonchev–Trinajstić information content (AvgIpc) is 2.48. The van der Waals surface area contributed by atoms with Crippen LogP contribution < -0.4 is 0 Å². The van der Waals surface area contributed by atoms with E-state index in [2.05, 4.69) is 6.92 Å². The van der Waals surface area contributed by atoms with Gasteiger partial charge in [-0.1, -0.05) is 56.4 Å². The first-order valence-electron chi connectivity index (χ1n) is 7.19. The fourth-order valence-electron chi connectivity index (χ4n) is 2.14. The minimum atomic E-state index is -0.224. The van der Waals surface area contributed by atoms with E-state index in [9.17, 15) is 15.0 Å². The Hall–Kier alpha value is -1.48. The van der Waals surface area contributed by atoms with Crippen molar-refractivity contribution in [2.75, 3.05) is 0 Å². The Morgan fingerprint density at radius 3 is 2.38 bits per heavy atom. The Balaban J connectivity index is 2.79. The van der Waals surface area contributed by atoms with E-state index in [-0.39, 0.29) is 27.6 Å². The van der Waals surface area contributed by atoms with Gasteiger partial charge < -0.3 is 10.2 Å². The minimum Gasteiger partial charge on any atom is -0.506 e. The molecule has 1 rings (SSSR count). The first-order chi connectivity index (χ1) is 10.0. The molecule has 0 bridgehead atoms. The quantitative estimate of drug-likeness (QED) is 0.521.